The molecule has 0 unspecified atom stereocenters. The third-order valence-corrected chi connectivity index (χ3v) is 13.3. The Morgan fingerprint density at radius 2 is 0.688 bits per heavy atom. The van der Waals surface area contributed by atoms with Crippen LogP contribution >= 0.6 is 0 Å². The molecule has 1 heteroatoms. The number of benzene rings is 11. The fourth-order valence-electron chi connectivity index (χ4n) is 10.6. The smallest absolute Gasteiger partial charge is 0.0714 e. The number of rotatable bonds is 8. The molecule has 0 saturated carbocycles. The van der Waals surface area contributed by atoms with Gasteiger partial charge in [-0.15, -0.1) is 0 Å². The van der Waals surface area contributed by atoms with Crippen molar-refractivity contribution in [2.45, 2.75) is 5.41 Å². The Morgan fingerprint density at radius 3 is 1.34 bits per heavy atom. The van der Waals surface area contributed by atoms with Crippen LogP contribution in [0.1, 0.15) is 22.3 Å². The number of hydrogen-bond acceptors (Lipinski definition) is 1. The largest absolute Gasteiger partial charge is 0.310 e. The molecule has 0 amide bonds. The van der Waals surface area contributed by atoms with E-state index in [4.69, 9.17) is 0 Å². The Morgan fingerprint density at radius 1 is 0.250 bits per heavy atom. The van der Waals surface area contributed by atoms with Crippen LogP contribution in [0.4, 0.5) is 17.1 Å². The molecule has 64 heavy (non-hydrogen) atoms. The first-order valence-corrected chi connectivity index (χ1v) is 22.2. The average molecular weight is 814 g/mol. The van der Waals surface area contributed by atoms with Crippen molar-refractivity contribution >= 4 is 38.6 Å². The molecule has 0 heterocycles. The minimum Gasteiger partial charge on any atom is -0.310 e. The van der Waals surface area contributed by atoms with Crippen LogP contribution in [0.3, 0.4) is 0 Å². The average Bonchev–Trinajstić information content (AvgIpc) is 3.67. The Labute approximate surface area is 374 Å². The first-order chi connectivity index (χ1) is 31.8. The minimum absolute atomic E-state index is 0.499. The normalized spacial score (nSPS) is 12.5. The van der Waals surface area contributed by atoms with Gasteiger partial charge in [-0.3, -0.25) is 0 Å². The molecule has 12 rings (SSSR count). The Bertz CT molecular complexity index is 3440. The highest BCUT2D eigenvalue weighted by Gasteiger charge is 2.46. The van der Waals surface area contributed by atoms with E-state index in [0.717, 1.165) is 22.6 Å². The van der Waals surface area contributed by atoms with Gasteiger partial charge in [-0.2, -0.15) is 0 Å². The monoisotopic (exact) mass is 813 g/mol. The van der Waals surface area contributed by atoms with E-state index in [1.165, 1.54) is 82.7 Å². The summed E-state index contributed by atoms with van der Waals surface area (Å²) in [4.78, 5) is 2.42. The fraction of sp³-hybridized carbons (Fsp3) is 0.0159. The second kappa shape index (κ2) is 15.6. The molecule has 0 atom stereocenters. The number of nitrogens with zero attached hydrogens (tertiary/aromatic N) is 1. The molecule has 0 aliphatic heterocycles. The van der Waals surface area contributed by atoms with Gasteiger partial charge >= 0.3 is 0 Å². The zero-order chi connectivity index (χ0) is 42.5. The van der Waals surface area contributed by atoms with Crippen LogP contribution in [0.2, 0.25) is 0 Å². The van der Waals surface area contributed by atoms with E-state index >= 15 is 0 Å². The maximum absolute atomic E-state index is 2.45. The van der Waals surface area contributed by atoms with Crippen LogP contribution in [-0.2, 0) is 5.41 Å². The van der Waals surface area contributed by atoms with Crippen LogP contribution in [-0.4, -0.2) is 0 Å². The summed E-state index contributed by atoms with van der Waals surface area (Å²) < 4.78 is 0. The van der Waals surface area contributed by atoms with E-state index < -0.39 is 5.41 Å². The summed E-state index contributed by atoms with van der Waals surface area (Å²) >= 11 is 0. The highest BCUT2D eigenvalue weighted by Crippen LogP contribution is 2.57. The van der Waals surface area contributed by atoms with Gasteiger partial charge in [-0.1, -0.05) is 218 Å². The molecule has 11 aromatic carbocycles. The third-order valence-electron chi connectivity index (χ3n) is 13.3. The van der Waals surface area contributed by atoms with Crippen molar-refractivity contribution in [1.29, 1.82) is 0 Å². The van der Waals surface area contributed by atoms with Crippen molar-refractivity contribution in [2.24, 2.45) is 0 Å². The minimum atomic E-state index is -0.499. The molecule has 0 fully saturated rings. The topological polar surface area (TPSA) is 3.24 Å². The number of hydrogen-bond donors (Lipinski definition) is 0. The molecular weight excluding hydrogens is 771 g/mol. The van der Waals surface area contributed by atoms with Crippen molar-refractivity contribution in [3.63, 3.8) is 0 Å². The molecule has 1 aliphatic rings. The van der Waals surface area contributed by atoms with Crippen molar-refractivity contribution in [3.05, 3.63) is 283 Å². The molecule has 0 aromatic heterocycles. The predicted octanol–water partition coefficient (Wildman–Crippen LogP) is 16.8. The van der Waals surface area contributed by atoms with Gasteiger partial charge in [0.25, 0.3) is 0 Å². The molecule has 0 bridgehead atoms. The van der Waals surface area contributed by atoms with Gasteiger partial charge in [0, 0.05) is 17.1 Å². The number of anilines is 3. The summed E-state index contributed by atoms with van der Waals surface area (Å²) in [6, 6.07) is 95.8. The van der Waals surface area contributed by atoms with E-state index in [1.54, 1.807) is 0 Å². The highest BCUT2D eigenvalue weighted by molar-refractivity contribution is 6.21. The maximum atomic E-state index is 2.45. The van der Waals surface area contributed by atoms with Crippen LogP contribution in [0.25, 0.3) is 66.1 Å². The molecule has 1 nitrogen and oxygen atoms in total. The SMILES string of the molecule is c1ccc(-c2c(-c3cccc(-c4cccc(N(c5ccccc5)c5ccc6c(c5)C(c5ccccc5)(c5ccccc5)c5ccccc5-6)c4)c3)c3ccccc3c3ccccc23)cc1. The summed E-state index contributed by atoms with van der Waals surface area (Å²) in [6.45, 7) is 0. The Balaban J connectivity index is 1.04. The lowest BCUT2D eigenvalue weighted by Crippen LogP contribution is -2.28. The number of fused-ring (bicyclic) bond motifs is 6. The second-order valence-corrected chi connectivity index (χ2v) is 16.8. The van der Waals surface area contributed by atoms with E-state index in [2.05, 4.69) is 266 Å². The van der Waals surface area contributed by atoms with E-state index in [9.17, 15) is 0 Å². The second-order valence-electron chi connectivity index (χ2n) is 16.8. The van der Waals surface area contributed by atoms with E-state index in [1.807, 2.05) is 0 Å². The van der Waals surface area contributed by atoms with Crippen LogP contribution in [0.5, 0.6) is 0 Å². The molecule has 0 saturated heterocycles. The van der Waals surface area contributed by atoms with Gasteiger partial charge in [0.05, 0.1) is 5.41 Å². The Kier molecular flexibility index (Phi) is 9.13. The standard InChI is InChI=1S/C63H43N/c1-5-21-44(22-6-1)61-57-36-15-13-33-53(57)54-34-14-16-37-58(54)62(61)47-25-19-23-45(41-47)46-24-20-32-51(42-46)64(50-30-11-4-12-31-50)52-39-40-56-55-35-17-18-38-59(55)63(60(56)43-52,48-26-7-2-8-27-48)49-28-9-3-10-29-49/h1-43H. The first-order valence-electron chi connectivity index (χ1n) is 22.2. The van der Waals surface area contributed by atoms with Crippen LogP contribution < -0.4 is 4.90 Å². The van der Waals surface area contributed by atoms with E-state index in [0.29, 0.717) is 0 Å². The van der Waals surface area contributed by atoms with Crippen molar-refractivity contribution in [1.82, 2.24) is 0 Å². The molecule has 11 aromatic rings. The first kappa shape index (κ1) is 37.5. The fourth-order valence-corrected chi connectivity index (χ4v) is 10.6. The maximum Gasteiger partial charge on any atom is 0.0714 e. The molecular formula is C63H43N. The lowest BCUT2D eigenvalue weighted by molar-refractivity contribution is 0.768. The van der Waals surface area contributed by atoms with Crippen molar-refractivity contribution < 1.29 is 0 Å². The van der Waals surface area contributed by atoms with Crippen LogP contribution in [0, 0.1) is 0 Å². The number of para-hydroxylation sites is 1. The lowest BCUT2D eigenvalue weighted by Gasteiger charge is -2.35. The van der Waals surface area contributed by atoms with Gasteiger partial charge < -0.3 is 4.90 Å². The molecule has 1 aliphatic carbocycles. The summed E-state index contributed by atoms with van der Waals surface area (Å²) in [7, 11) is 0. The van der Waals surface area contributed by atoms with Gasteiger partial charge in [0.2, 0.25) is 0 Å². The lowest BCUT2D eigenvalue weighted by atomic mass is 9.67. The third kappa shape index (κ3) is 6.01. The zero-order valence-electron chi connectivity index (χ0n) is 35.3. The van der Waals surface area contributed by atoms with Crippen molar-refractivity contribution in [3.8, 4) is 44.5 Å². The predicted molar refractivity (Wildman–Crippen MR) is 270 cm³/mol. The van der Waals surface area contributed by atoms with Gasteiger partial charge in [-0.25, -0.2) is 0 Å². The van der Waals surface area contributed by atoms with E-state index in [-0.39, 0.29) is 0 Å². The molecule has 0 N–H and O–H groups in total. The van der Waals surface area contributed by atoms with Gasteiger partial charge in [0.1, 0.15) is 0 Å². The highest BCUT2D eigenvalue weighted by atomic mass is 15.1. The summed E-state index contributed by atoms with van der Waals surface area (Å²) in [6.07, 6.45) is 0. The Hall–Kier alpha value is -8.26. The quantitative estimate of drug-likeness (QED) is 0.138. The molecule has 0 spiro atoms. The zero-order valence-corrected chi connectivity index (χ0v) is 35.3. The summed E-state index contributed by atoms with van der Waals surface area (Å²) in [5.74, 6) is 0. The molecule has 0 radical (unpaired) electrons. The summed E-state index contributed by atoms with van der Waals surface area (Å²) in [5.41, 5.74) is 17.7. The molecule has 300 valence electrons. The van der Waals surface area contributed by atoms with Crippen LogP contribution in [0.15, 0.2) is 261 Å². The van der Waals surface area contributed by atoms with Gasteiger partial charge in [-0.05, 0) is 131 Å². The van der Waals surface area contributed by atoms with Gasteiger partial charge in [0.15, 0.2) is 0 Å². The van der Waals surface area contributed by atoms with Crippen molar-refractivity contribution in [2.75, 3.05) is 4.90 Å². The summed E-state index contributed by atoms with van der Waals surface area (Å²) in [5, 5.41) is 5.04.